The number of amides is 1. The molecule has 0 saturated carbocycles. The van der Waals surface area contributed by atoms with Crippen molar-refractivity contribution in [3.8, 4) is 0 Å². The monoisotopic (exact) mass is 669 g/mol. The lowest BCUT2D eigenvalue weighted by molar-refractivity contribution is -0.149. The van der Waals surface area contributed by atoms with Gasteiger partial charge in [0.1, 0.15) is 25.5 Å². The van der Waals surface area contributed by atoms with Gasteiger partial charge in [0.25, 0.3) is 0 Å². The third kappa shape index (κ3) is 9.72. The number of nitrogens with two attached hydrogens (primary N) is 1. The highest BCUT2D eigenvalue weighted by molar-refractivity contribution is 14.1. The summed E-state index contributed by atoms with van der Waals surface area (Å²) in [6.45, 7) is -0.221. The summed E-state index contributed by atoms with van der Waals surface area (Å²) in [7, 11) is -3.78. The van der Waals surface area contributed by atoms with Crippen LogP contribution in [0.3, 0.4) is 0 Å². The average molecular weight is 669 g/mol. The van der Waals surface area contributed by atoms with Gasteiger partial charge in [0.2, 0.25) is 15.9 Å². The van der Waals surface area contributed by atoms with Gasteiger partial charge in [0.15, 0.2) is 0 Å². The van der Waals surface area contributed by atoms with Crippen LogP contribution in [0.1, 0.15) is 17.0 Å². The lowest BCUT2D eigenvalue weighted by Gasteiger charge is -2.24. The lowest BCUT2D eigenvalue weighted by atomic mass is 10.1. The molecule has 0 aliphatic heterocycles. The summed E-state index contributed by atoms with van der Waals surface area (Å²) >= 11 is 2.23. The first-order valence-electron chi connectivity index (χ1n) is 11.7. The molecule has 1 heterocycles. The number of aliphatic carboxylic acids is 2. The Kier molecular flexibility index (Phi) is 10.6. The van der Waals surface area contributed by atoms with E-state index in [0.29, 0.717) is 31.9 Å². The van der Waals surface area contributed by atoms with Crippen LogP contribution in [-0.2, 0) is 50.5 Å². The van der Waals surface area contributed by atoms with E-state index in [-0.39, 0.29) is 11.4 Å². The summed E-state index contributed by atoms with van der Waals surface area (Å²) in [5, 5.41) is 23.3. The number of halogens is 1. The highest BCUT2D eigenvalue weighted by atomic mass is 127. The van der Waals surface area contributed by atoms with Gasteiger partial charge >= 0.3 is 11.9 Å². The second-order valence-electron chi connectivity index (χ2n) is 8.78. The number of carbonyl (C=O) groups is 3. The van der Waals surface area contributed by atoms with Gasteiger partial charge in [-0.3, -0.25) is 19.3 Å². The number of sulfonamides is 1. The second kappa shape index (κ2) is 13.6. The number of carbonyl (C=O) groups excluding carboxylic acids is 1. The van der Waals surface area contributed by atoms with Gasteiger partial charge in [-0.05, 0) is 64.4 Å². The predicted molar refractivity (Wildman–Crippen MR) is 149 cm³/mol. The van der Waals surface area contributed by atoms with Crippen molar-refractivity contribution < 1.29 is 33.0 Å². The standard InChI is InChI=1S/C25H28IN5O7S/c26-20-5-1-19(2-6-20)13-29(11-9-18-3-7-21(8-4-18)39(27,37)38)14-22-28-10-12-30(22)15-23(32)31(16-24(33)34)17-25(35)36/h1-8,10,12H,9,11,13-17H2,(H,33,34)(H,35,36)(H2,27,37,38). The van der Waals surface area contributed by atoms with Crippen molar-refractivity contribution in [1.29, 1.82) is 0 Å². The molecule has 0 bridgehead atoms. The Balaban J connectivity index is 1.76. The van der Waals surface area contributed by atoms with E-state index in [1.54, 1.807) is 22.9 Å². The molecule has 14 heteroatoms. The molecule has 2 aromatic carbocycles. The third-order valence-corrected chi connectivity index (χ3v) is 7.41. The highest BCUT2D eigenvalue weighted by Crippen LogP contribution is 2.15. The van der Waals surface area contributed by atoms with Crippen LogP contribution in [0, 0.1) is 3.57 Å². The van der Waals surface area contributed by atoms with Crippen molar-refractivity contribution in [2.75, 3.05) is 19.6 Å². The summed E-state index contributed by atoms with van der Waals surface area (Å²) < 4.78 is 25.8. The lowest BCUT2D eigenvalue weighted by Crippen LogP contribution is -2.41. The minimum absolute atomic E-state index is 0.0357. The molecule has 3 rings (SSSR count). The molecular formula is C25H28IN5O7S. The zero-order valence-electron chi connectivity index (χ0n) is 20.8. The maximum Gasteiger partial charge on any atom is 0.323 e. The van der Waals surface area contributed by atoms with Crippen LogP contribution in [-0.4, -0.2) is 75.5 Å². The van der Waals surface area contributed by atoms with Crippen molar-refractivity contribution in [3.63, 3.8) is 0 Å². The first-order chi connectivity index (χ1) is 18.4. The molecule has 0 aliphatic rings. The van der Waals surface area contributed by atoms with Crippen molar-refractivity contribution in [2.45, 2.75) is 31.0 Å². The number of benzene rings is 2. The van der Waals surface area contributed by atoms with Gasteiger partial charge in [-0.15, -0.1) is 0 Å². The van der Waals surface area contributed by atoms with Crippen molar-refractivity contribution in [1.82, 2.24) is 19.4 Å². The van der Waals surface area contributed by atoms with Crippen LogP contribution in [0.15, 0.2) is 65.8 Å². The van der Waals surface area contributed by atoms with Crippen LogP contribution in [0.5, 0.6) is 0 Å². The molecule has 1 amide bonds. The first kappa shape index (κ1) is 30.2. The van der Waals surface area contributed by atoms with E-state index in [9.17, 15) is 22.8 Å². The Morgan fingerprint density at radius 1 is 0.923 bits per heavy atom. The molecule has 39 heavy (non-hydrogen) atoms. The van der Waals surface area contributed by atoms with E-state index in [2.05, 4.69) is 32.5 Å². The minimum atomic E-state index is -3.78. The van der Waals surface area contributed by atoms with Gasteiger partial charge in [0, 0.05) is 29.1 Å². The van der Waals surface area contributed by atoms with E-state index in [4.69, 9.17) is 15.4 Å². The molecule has 0 radical (unpaired) electrons. The molecular weight excluding hydrogens is 641 g/mol. The van der Waals surface area contributed by atoms with E-state index in [1.807, 2.05) is 24.3 Å². The Hall–Kier alpha value is -3.34. The van der Waals surface area contributed by atoms with Gasteiger partial charge in [-0.1, -0.05) is 24.3 Å². The molecule has 208 valence electrons. The molecule has 0 atom stereocenters. The van der Waals surface area contributed by atoms with Crippen LogP contribution >= 0.6 is 22.6 Å². The van der Waals surface area contributed by atoms with Gasteiger partial charge in [-0.2, -0.15) is 0 Å². The zero-order chi connectivity index (χ0) is 28.6. The van der Waals surface area contributed by atoms with E-state index < -0.39 is 41.0 Å². The minimum Gasteiger partial charge on any atom is -0.480 e. The molecule has 0 saturated heterocycles. The molecule has 0 fully saturated rings. The van der Waals surface area contributed by atoms with Crippen molar-refractivity contribution in [2.24, 2.45) is 5.14 Å². The number of rotatable bonds is 14. The topological polar surface area (TPSA) is 176 Å². The normalized spacial score (nSPS) is 11.5. The largest absolute Gasteiger partial charge is 0.480 e. The summed E-state index contributed by atoms with van der Waals surface area (Å²) in [4.78, 5) is 42.3. The quantitative estimate of drug-likeness (QED) is 0.214. The summed E-state index contributed by atoms with van der Waals surface area (Å²) in [5.74, 6) is -2.73. The maximum atomic E-state index is 12.7. The third-order valence-electron chi connectivity index (χ3n) is 5.77. The first-order valence-corrected chi connectivity index (χ1v) is 14.3. The number of carboxylic acids is 2. The molecule has 4 N–H and O–H groups in total. The van der Waals surface area contributed by atoms with Crippen LogP contribution < -0.4 is 5.14 Å². The zero-order valence-corrected chi connectivity index (χ0v) is 23.8. The van der Waals surface area contributed by atoms with Crippen molar-refractivity contribution >= 4 is 50.5 Å². The number of primary sulfonamides is 1. The molecule has 0 spiro atoms. The second-order valence-corrected chi connectivity index (χ2v) is 11.6. The van der Waals surface area contributed by atoms with E-state index in [0.717, 1.165) is 19.6 Å². The molecule has 0 aliphatic carbocycles. The number of hydrogen-bond acceptors (Lipinski definition) is 7. The number of hydrogen-bond donors (Lipinski definition) is 3. The molecule has 1 aromatic heterocycles. The Morgan fingerprint density at radius 2 is 1.51 bits per heavy atom. The Bertz CT molecular complexity index is 1390. The van der Waals surface area contributed by atoms with Crippen LogP contribution in [0.2, 0.25) is 0 Å². The van der Waals surface area contributed by atoms with Crippen molar-refractivity contribution in [3.05, 3.63) is 81.4 Å². The summed E-state index contributed by atoms with van der Waals surface area (Å²) in [6.07, 6.45) is 3.71. The van der Waals surface area contributed by atoms with Gasteiger partial charge in [-0.25, -0.2) is 18.5 Å². The number of carboxylic acid groups (broad SMARTS) is 2. The van der Waals surface area contributed by atoms with Crippen LogP contribution in [0.4, 0.5) is 0 Å². The summed E-state index contributed by atoms with van der Waals surface area (Å²) in [6, 6.07) is 14.4. The molecule has 0 unspecified atom stereocenters. The highest BCUT2D eigenvalue weighted by Gasteiger charge is 2.21. The number of nitrogens with zero attached hydrogens (tertiary/aromatic N) is 4. The molecule has 3 aromatic rings. The van der Waals surface area contributed by atoms with Gasteiger partial charge < -0.3 is 19.7 Å². The fraction of sp³-hybridized carbons (Fsp3) is 0.280. The Labute approximate surface area is 239 Å². The number of aromatic nitrogens is 2. The fourth-order valence-electron chi connectivity index (χ4n) is 3.84. The number of imidazole rings is 1. The Morgan fingerprint density at radius 3 is 2.08 bits per heavy atom. The maximum absolute atomic E-state index is 12.7. The molecule has 12 nitrogen and oxygen atoms in total. The predicted octanol–water partition coefficient (Wildman–Crippen LogP) is 1.38. The van der Waals surface area contributed by atoms with Gasteiger partial charge in [0.05, 0.1) is 11.4 Å². The SMILES string of the molecule is NS(=O)(=O)c1ccc(CCN(Cc2ccc(I)cc2)Cc2nccn2CC(=O)N(CC(=O)O)CC(=O)O)cc1. The summed E-state index contributed by atoms with van der Waals surface area (Å²) in [5.41, 5.74) is 1.97. The van der Waals surface area contributed by atoms with Crippen LogP contribution in [0.25, 0.3) is 0 Å². The smallest absolute Gasteiger partial charge is 0.323 e. The fourth-order valence-corrected chi connectivity index (χ4v) is 4.71. The van der Waals surface area contributed by atoms with E-state index >= 15 is 0 Å². The average Bonchev–Trinajstić information content (AvgIpc) is 3.29. The van der Waals surface area contributed by atoms with E-state index in [1.165, 1.54) is 18.3 Å².